The Morgan fingerprint density at radius 1 is 1.10 bits per heavy atom. The molecule has 10 nitrogen and oxygen atoms in total. The van der Waals surface area contributed by atoms with Gasteiger partial charge in [-0.3, -0.25) is 24.6 Å². The quantitative estimate of drug-likeness (QED) is 0.335. The molecule has 29 heavy (non-hydrogen) atoms. The average Bonchev–Trinajstić information content (AvgIpc) is 2.96. The summed E-state index contributed by atoms with van der Waals surface area (Å²) in [7, 11) is -3.60. The van der Waals surface area contributed by atoms with Crippen molar-refractivity contribution >= 4 is 33.1 Å². The standard InChI is InChI=1S/C18H19N5O5S/c24-17(20-12-11-19-14-6-2-3-7-15(14)23(25)26)9-10-21-18-13-5-1-4-8-16(13)29(27,28)22-18/h1-8,19H,9-12H2,(H,20,24)(H,21,22). The summed E-state index contributed by atoms with van der Waals surface area (Å²) in [6, 6.07) is 12.8. The summed E-state index contributed by atoms with van der Waals surface area (Å²) < 4.78 is 26.4. The second-order valence-corrected chi connectivity index (χ2v) is 7.78. The molecule has 2 aromatic carbocycles. The Kier molecular flexibility index (Phi) is 6.07. The Morgan fingerprint density at radius 2 is 1.83 bits per heavy atom. The van der Waals surface area contributed by atoms with Crippen LogP contribution in [-0.2, 0) is 14.8 Å². The number of aliphatic imine (C=N–C) groups is 1. The number of amidine groups is 1. The Bertz CT molecular complexity index is 1070. The van der Waals surface area contributed by atoms with Crippen molar-refractivity contribution in [3.63, 3.8) is 0 Å². The highest BCUT2D eigenvalue weighted by Gasteiger charge is 2.29. The predicted octanol–water partition coefficient (Wildman–Crippen LogP) is 1.25. The molecule has 1 heterocycles. The van der Waals surface area contributed by atoms with Crippen LogP contribution in [0, 0.1) is 10.1 Å². The Balaban J connectivity index is 1.45. The lowest BCUT2D eigenvalue weighted by atomic mass is 10.2. The lowest BCUT2D eigenvalue weighted by Crippen LogP contribution is -2.29. The van der Waals surface area contributed by atoms with Crippen molar-refractivity contribution in [3.8, 4) is 0 Å². The van der Waals surface area contributed by atoms with Crippen LogP contribution < -0.4 is 15.4 Å². The third-order valence-corrected chi connectivity index (χ3v) is 5.53. The van der Waals surface area contributed by atoms with E-state index in [1.807, 2.05) is 0 Å². The molecule has 0 unspecified atom stereocenters. The van der Waals surface area contributed by atoms with Gasteiger partial charge in [0.25, 0.3) is 15.7 Å². The van der Waals surface area contributed by atoms with Gasteiger partial charge in [0.1, 0.15) is 11.5 Å². The van der Waals surface area contributed by atoms with Crippen LogP contribution >= 0.6 is 0 Å². The van der Waals surface area contributed by atoms with E-state index in [2.05, 4.69) is 20.3 Å². The molecule has 0 spiro atoms. The number of hydrogen-bond donors (Lipinski definition) is 3. The van der Waals surface area contributed by atoms with Crippen LogP contribution in [0.1, 0.15) is 12.0 Å². The van der Waals surface area contributed by atoms with Gasteiger partial charge in [0, 0.05) is 31.1 Å². The number of nitro benzene ring substituents is 1. The van der Waals surface area contributed by atoms with E-state index in [1.54, 1.807) is 36.4 Å². The summed E-state index contributed by atoms with van der Waals surface area (Å²) in [4.78, 5) is 26.7. The molecule has 0 saturated heterocycles. The van der Waals surface area contributed by atoms with Crippen molar-refractivity contribution in [2.75, 3.05) is 25.0 Å². The number of carbonyl (C=O) groups excluding carboxylic acids is 1. The van der Waals surface area contributed by atoms with Crippen LogP contribution in [-0.4, -0.2) is 44.7 Å². The van der Waals surface area contributed by atoms with Crippen LogP contribution in [0.25, 0.3) is 0 Å². The summed E-state index contributed by atoms with van der Waals surface area (Å²) in [5, 5.41) is 16.5. The third-order valence-electron chi connectivity index (χ3n) is 4.13. The first-order chi connectivity index (χ1) is 13.9. The van der Waals surface area contributed by atoms with Gasteiger partial charge in [-0.2, -0.15) is 0 Å². The van der Waals surface area contributed by atoms with Crippen molar-refractivity contribution in [2.24, 2.45) is 4.99 Å². The second kappa shape index (κ2) is 8.69. The number of nitrogens with one attached hydrogen (secondary N) is 3. The van der Waals surface area contributed by atoms with E-state index in [0.29, 0.717) is 17.8 Å². The van der Waals surface area contributed by atoms with Crippen LogP contribution in [0.5, 0.6) is 0 Å². The zero-order valence-electron chi connectivity index (χ0n) is 15.3. The molecule has 152 valence electrons. The van der Waals surface area contributed by atoms with Gasteiger partial charge >= 0.3 is 0 Å². The van der Waals surface area contributed by atoms with Crippen LogP contribution in [0.4, 0.5) is 11.4 Å². The molecule has 1 amide bonds. The van der Waals surface area contributed by atoms with Crippen LogP contribution in [0.15, 0.2) is 58.4 Å². The molecule has 3 rings (SSSR count). The number of benzene rings is 2. The van der Waals surface area contributed by atoms with Crippen LogP contribution in [0.3, 0.4) is 0 Å². The summed E-state index contributed by atoms with van der Waals surface area (Å²) >= 11 is 0. The van der Waals surface area contributed by atoms with Crippen molar-refractivity contribution in [2.45, 2.75) is 11.3 Å². The first-order valence-electron chi connectivity index (χ1n) is 8.79. The minimum Gasteiger partial charge on any atom is -0.378 e. The Hall–Kier alpha value is -3.47. The minimum atomic E-state index is -3.60. The highest BCUT2D eigenvalue weighted by atomic mass is 32.2. The van der Waals surface area contributed by atoms with E-state index in [9.17, 15) is 23.3 Å². The first kappa shape index (κ1) is 20.3. The maximum atomic E-state index is 12.0. The van der Waals surface area contributed by atoms with Gasteiger partial charge < -0.3 is 10.6 Å². The van der Waals surface area contributed by atoms with Crippen molar-refractivity contribution < 1.29 is 18.1 Å². The van der Waals surface area contributed by atoms with Gasteiger partial charge in [0.2, 0.25) is 5.91 Å². The largest absolute Gasteiger partial charge is 0.378 e. The highest BCUT2D eigenvalue weighted by Crippen LogP contribution is 2.23. The van der Waals surface area contributed by atoms with E-state index in [-0.39, 0.29) is 41.8 Å². The number of carbonyl (C=O) groups is 1. The SMILES string of the molecule is O=C(CCN=C1NS(=O)(=O)c2ccccc21)NCCNc1ccccc1[N+](=O)[O-]. The number of fused-ring (bicyclic) bond motifs is 1. The fourth-order valence-corrected chi connectivity index (χ4v) is 4.04. The highest BCUT2D eigenvalue weighted by molar-refractivity contribution is 7.90. The monoisotopic (exact) mass is 417 g/mol. The number of anilines is 1. The molecular formula is C18H19N5O5S. The molecule has 2 aromatic rings. The lowest BCUT2D eigenvalue weighted by molar-refractivity contribution is -0.384. The van der Waals surface area contributed by atoms with Crippen molar-refractivity contribution in [1.29, 1.82) is 0 Å². The van der Waals surface area contributed by atoms with Gasteiger partial charge in [-0.05, 0) is 18.2 Å². The molecule has 0 saturated carbocycles. The predicted molar refractivity (Wildman–Crippen MR) is 107 cm³/mol. The minimum absolute atomic E-state index is 0.0334. The molecule has 0 bridgehead atoms. The number of nitro groups is 1. The molecule has 0 fully saturated rings. The van der Waals surface area contributed by atoms with E-state index < -0.39 is 14.9 Å². The summed E-state index contributed by atoms with van der Waals surface area (Å²) in [5.41, 5.74) is 0.834. The summed E-state index contributed by atoms with van der Waals surface area (Å²) in [5.74, 6) is -0.0284. The van der Waals surface area contributed by atoms with E-state index in [1.165, 1.54) is 12.1 Å². The molecular weight excluding hydrogens is 398 g/mol. The smallest absolute Gasteiger partial charge is 0.292 e. The normalized spacial score (nSPS) is 15.4. The maximum absolute atomic E-state index is 12.0. The zero-order chi connectivity index (χ0) is 20.9. The number of nitrogens with zero attached hydrogens (tertiary/aromatic N) is 2. The topological polar surface area (TPSA) is 143 Å². The average molecular weight is 417 g/mol. The fraction of sp³-hybridized carbons (Fsp3) is 0.222. The molecule has 1 aliphatic rings. The van der Waals surface area contributed by atoms with Gasteiger partial charge in [0.05, 0.1) is 16.4 Å². The molecule has 1 aliphatic heterocycles. The van der Waals surface area contributed by atoms with Crippen molar-refractivity contribution in [3.05, 3.63) is 64.2 Å². The maximum Gasteiger partial charge on any atom is 0.292 e. The molecule has 11 heteroatoms. The van der Waals surface area contributed by atoms with E-state index >= 15 is 0 Å². The number of sulfonamides is 1. The molecule has 0 aromatic heterocycles. The zero-order valence-corrected chi connectivity index (χ0v) is 16.1. The number of rotatable bonds is 8. The first-order valence-corrected chi connectivity index (χ1v) is 10.3. The molecule has 0 aliphatic carbocycles. The second-order valence-electron chi connectivity index (χ2n) is 6.13. The van der Waals surface area contributed by atoms with Gasteiger partial charge in [-0.25, -0.2) is 8.42 Å². The van der Waals surface area contributed by atoms with Gasteiger partial charge in [-0.15, -0.1) is 0 Å². The molecule has 0 radical (unpaired) electrons. The Morgan fingerprint density at radius 3 is 2.62 bits per heavy atom. The van der Waals surface area contributed by atoms with Gasteiger partial charge in [-0.1, -0.05) is 24.3 Å². The Labute approximate surface area is 167 Å². The number of amides is 1. The number of hydrogen-bond acceptors (Lipinski definition) is 7. The number of para-hydroxylation sites is 2. The third kappa shape index (κ3) is 4.88. The van der Waals surface area contributed by atoms with Crippen LogP contribution in [0.2, 0.25) is 0 Å². The fourth-order valence-electron chi connectivity index (χ4n) is 2.79. The van der Waals surface area contributed by atoms with E-state index in [0.717, 1.165) is 0 Å². The summed E-state index contributed by atoms with van der Waals surface area (Å²) in [6.07, 6.45) is 0.0822. The van der Waals surface area contributed by atoms with Gasteiger partial charge in [0.15, 0.2) is 0 Å². The molecule has 3 N–H and O–H groups in total. The molecule has 0 atom stereocenters. The lowest BCUT2D eigenvalue weighted by Gasteiger charge is -2.08. The van der Waals surface area contributed by atoms with Crippen molar-refractivity contribution in [1.82, 2.24) is 10.0 Å². The summed E-state index contributed by atoms with van der Waals surface area (Å²) in [6.45, 7) is 0.713. The van der Waals surface area contributed by atoms with E-state index in [4.69, 9.17) is 0 Å².